The summed E-state index contributed by atoms with van der Waals surface area (Å²) in [6.07, 6.45) is 5.11. The zero-order valence-electron chi connectivity index (χ0n) is 7.31. The van der Waals surface area contributed by atoms with Crippen molar-refractivity contribution in [1.29, 1.82) is 0 Å². The van der Waals surface area contributed by atoms with Crippen LogP contribution >= 0.6 is 15.9 Å². The SMILES string of the molecule is NC1=NC=C(Br)NC1c1ccncc1. The van der Waals surface area contributed by atoms with Crippen molar-refractivity contribution in [3.63, 3.8) is 0 Å². The number of hydrogen-bond acceptors (Lipinski definition) is 4. The first kappa shape index (κ1) is 9.21. The number of aliphatic imine (C=N–C) groups is 1. The van der Waals surface area contributed by atoms with E-state index in [1.165, 1.54) is 0 Å². The van der Waals surface area contributed by atoms with E-state index in [1.807, 2.05) is 12.1 Å². The molecule has 0 bridgehead atoms. The van der Waals surface area contributed by atoms with E-state index in [4.69, 9.17) is 5.73 Å². The predicted octanol–water partition coefficient (Wildman–Crippen LogP) is 1.28. The van der Waals surface area contributed by atoms with E-state index in [0.717, 1.165) is 10.2 Å². The molecule has 0 saturated heterocycles. The zero-order valence-corrected chi connectivity index (χ0v) is 8.90. The molecule has 0 aliphatic carbocycles. The van der Waals surface area contributed by atoms with Crippen molar-refractivity contribution in [3.8, 4) is 0 Å². The summed E-state index contributed by atoms with van der Waals surface area (Å²) in [5, 5.41) is 3.18. The number of nitrogens with two attached hydrogens (primary N) is 1. The Labute approximate surface area is 90.1 Å². The van der Waals surface area contributed by atoms with E-state index in [-0.39, 0.29) is 6.04 Å². The van der Waals surface area contributed by atoms with E-state index in [0.29, 0.717) is 5.84 Å². The van der Waals surface area contributed by atoms with Gasteiger partial charge in [-0.25, -0.2) is 4.99 Å². The number of pyridine rings is 1. The number of nitrogens with zero attached hydrogens (tertiary/aromatic N) is 2. The van der Waals surface area contributed by atoms with Crippen LogP contribution in [0.5, 0.6) is 0 Å². The second-order valence-corrected chi connectivity index (χ2v) is 3.74. The largest absolute Gasteiger partial charge is 0.385 e. The summed E-state index contributed by atoms with van der Waals surface area (Å²) in [5.74, 6) is 0.555. The average molecular weight is 253 g/mol. The number of halogens is 1. The van der Waals surface area contributed by atoms with Crippen LogP contribution in [0.1, 0.15) is 11.6 Å². The lowest BCUT2D eigenvalue weighted by molar-refractivity contribution is 0.761. The Kier molecular flexibility index (Phi) is 2.49. The van der Waals surface area contributed by atoms with Crippen LogP contribution in [0.2, 0.25) is 0 Å². The fourth-order valence-electron chi connectivity index (χ4n) is 1.26. The Balaban J connectivity index is 2.30. The van der Waals surface area contributed by atoms with E-state index < -0.39 is 0 Å². The van der Waals surface area contributed by atoms with Crippen LogP contribution in [0.25, 0.3) is 0 Å². The molecule has 14 heavy (non-hydrogen) atoms. The molecule has 2 heterocycles. The fourth-order valence-corrected chi connectivity index (χ4v) is 1.60. The molecular weight excluding hydrogens is 244 g/mol. The highest BCUT2D eigenvalue weighted by atomic mass is 79.9. The first-order valence-corrected chi connectivity index (χ1v) is 4.92. The highest BCUT2D eigenvalue weighted by Gasteiger charge is 2.18. The molecule has 3 N–H and O–H groups in total. The van der Waals surface area contributed by atoms with Gasteiger partial charge in [0.2, 0.25) is 0 Å². The van der Waals surface area contributed by atoms with Gasteiger partial charge in [-0.15, -0.1) is 0 Å². The summed E-state index contributed by atoms with van der Waals surface area (Å²) in [7, 11) is 0. The standard InChI is InChI=1S/C9H9BrN4/c10-7-5-13-9(11)8(14-7)6-1-3-12-4-2-6/h1-5,8,14H,(H2,11,13). The van der Waals surface area contributed by atoms with Crippen LogP contribution in [0.15, 0.2) is 40.3 Å². The molecule has 5 heteroatoms. The Bertz CT molecular complexity index is 385. The van der Waals surface area contributed by atoms with Crippen LogP contribution in [0.4, 0.5) is 0 Å². The van der Waals surface area contributed by atoms with Crippen molar-refractivity contribution in [2.24, 2.45) is 10.7 Å². The van der Waals surface area contributed by atoms with Crippen molar-refractivity contribution in [2.45, 2.75) is 6.04 Å². The molecule has 1 aromatic heterocycles. The van der Waals surface area contributed by atoms with E-state index in [2.05, 4.69) is 31.2 Å². The van der Waals surface area contributed by atoms with Crippen molar-refractivity contribution in [3.05, 3.63) is 40.9 Å². The Morgan fingerprint density at radius 1 is 1.36 bits per heavy atom. The summed E-state index contributed by atoms with van der Waals surface area (Å²) in [6.45, 7) is 0. The maximum atomic E-state index is 5.77. The van der Waals surface area contributed by atoms with Crippen molar-refractivity contribution >= 4 is 21.8 Å². The number of rotatable bonds is 1. The molecular formula is C9H9BrN4. The van der Waals surface area contributed by atoms with Gasteiger partial charge >= 0.3 is 0 Å². The first-order valence-electron chi connectivity index (χ1n) is 4.12. The number of hydrogen-bond donors (Lipinski definition) is 2. The second kappa shape index (κ2) is 3.79. The van der Waals surface area contributed by atoms with E-state index >= 15 is 0 Å². The molecule has 72 valence electrons. The minimum atomic E-state index is -0.0719. The minimum Gasteiger partial charge on any atom is -0.385 e. The molecule has 2 rings (SSSR count). The molecule has 1 atom stereocenters. The summed E-state index contributed by atoms with van der Waals surface area (Å²) >= 11 is 3.33. The van der Waals surface area contributed by atoms with Crippen LogP contribution in [-0.4, -0.2) is 10.8 Å². The molecule has 1 aromatic rings. The molecule has 0 spiro atoms. The number of amidine groups is 1. The summed E-state index contributed by atoms with van der Waals surface area (Å²) in [5.41, 5.74) is 6.82. The van der Waals surface area contributed by atoms with Gasteiger partial charge in [0, 0.05) is 12.4 Å². The predicted molar refractivity (Wildman–Crippen MR) is 58.7 cm³/mol. The second-order valence-electron chi connectivity index (χ2n) is 2.89. The topological polar surface area (TPSA) is 63.3 Å². The number of nitrogens with one attached hydrogen (secondary N) is 1. The quantitative estimate of drug-likeness (QED) is 0.741. The Hall–Kier alpha value is -1.36. The lowest BCUT2D eigenvalue weighted by Crippen LogP contribution is -2.34. The minimum absolute atomic E-state index is 0.0719. The zero-order chi connectivity index (χ0) is 9.97. The number of aromatic nitrogens is 1. The van der Waals surface area contributed by atoms with Gasteiger partial charge in [-0.2, -0.15) is 0 Å². The van der Waals surface area contributed by atoms with Crippen molar-refractivity contribution < 1.29 is 0 Å². The third-order valence-corrected chi connectivity index (χ3v) is 2.38. The fraction of sp³-hybridized carbons (Fsp3) is 0.111. The lowest BCUT2D eigenvalue weighted by Gasteiger charge is -2.21. The van der Waals surface area contributed by atoms with Gasteiger partial charge in [0.1, 0.15) is 11.9 Å². The maximum Gasteiger partial charge on any atom is 0.126 e. The maximum absolute atomic E-state index is 5.77. The van der Waals surface area contributed by atoms with E-state index in [9.17, 15) is 0 Å². The molecule has 0 saturated carbocycles. The van der Waals surface area contributed by atoms with Gasteiger partial charge in [-0.05, 0) is 33.6 Å². The third-order valence-electron chi connectivity index (χ3n) is 1.94. The molecule has 4 nitrogen and oxygen atoms in total. The van der Waals surface area contributed by atoms with Crippen LogP contribution in [-0.2, 0) is 0 Å². The van der Waals surface area contributed by atoms with Gasteiger partial charge in [-0.3, -0.25) is 4.98 Å². The molecule has 0 radical (unpaired) electrons. The monoisotopic (exact) mass is 252 g/mol. The molecule has 0 aromatic carbocycles. The smallest absolute Gasteiger partial charge is 0.126 e. The molecule has 0 amide bonds. The van der Waals surface area contributed by atoms with Crippen LogP contribution in [0.3, 0.4) is 0 Å². The van der Waals surface area contributed by atoms with Gasteiger partial charge in [0.05, 0.1) is 10.8 Å². The lowest BCUT2D eigenvalue weighted by atomic mass is 10.1. The van der Waals surface area contributed by atoms with Gasteiger partial charge in [0.15, 0.2) is 0 Å². The van der Waals surface area contributed by atoms with Crippen LogP contribution in [0, 0.1) is 0 Å². The Morgan fingerprint density at radius 3 is 2.79 bits per heavy atom. The highest BCUT2D eigenvalue weighted by Crippen LogP contribution is 2.19. The first-order chi connectivity index (χ1) is 6.77. The van der Waals surface area contributed by atoms with Crippen LogP contribution < -0.4 is 11.1 Å². The molecule has 1 unspecified atom stereocenters. The van der Waals surface area contributed by atoms with E-state index in [1.54, 1.807) is 18.6 Å². The van der Waals surface area contributed by atoms with Gasteiger partial charge in [0.25, 0.3) is 0 Å². The Morgan fingerprint density at radius 2 is 2.07 bits per heavy atom. The average Bonchev–Trinajstić information content (AvgIpc) is 2.23. The van der Waals surface area contributed by atoms with Gasteiger partial charge in [-0.1, -0.05) is 0 Å². The molecule has 0 fully saturated rings. The summed E-state index contributed by atoms with van der Waals surface area (Å²) in [6, 6.07) is 3.74. The molecule has 1 aliphatic heterocycles. The summed E-state index contributed by atoms with van der Waals surface area (Å²) < 4.78 is 0.827. The summed E-state index contributed by atoms with van der Waals surface area (Å²) in [4.78, 5) is 8.02. The van der Waals surface area contributed by atoms with Crippen molar-refractivity contribution in [2.75, 3.05) is 0 Å². The molecule has 1 aliphatic rings. The normalized spacial score (nSPS) is 20.8. The van der Waals surface area contributed by atoms with Crippen molar-refractivity contribution in [1.82, 2.24) is 10.3 Å². The third kappa shape index (κ3) is 1.77. The highest BCUT2D eigenvalue weighted by molar-refractivity contribution is 9.11. The van der Waals surface area contributed by atoms with Gasteiger partial charge < -0.3 is 11.1 Å².